The lowest BCUT2D eigenvalue weighted by Crippen LogP contribution is -2.26. The Morgan fingerprint density at radius 1 is 1.40 bits per heavy atom. The minimum atomic E-state index is -4.00. The first-order chi connectivity index (χ1) is 7.01. The summed E-state index contributed by atoms with van der Waals surface area (Å²) in [7, 11) is 1.91. The number of hydrogen-bond acceptors (Lipinski definition) is 2. The van der Waals surface area contributed by atoms with Gasteiger partial charge in [-0.15, -0.1) is 0 Å². The molecule has 5 heteroatoms. The van der Waals surface area contributed by atoms with Crippen molar-refractivity contribution >= 4 is 0 Å². The van der Waals surface area contributed by atoms with Crippen LogP contribution in [0.5, 0.6) is 0 Å². The normalized spacial score (nSPS) is 23.6. The van der Waals surface area contributed by atoms with Crippen molar-refractivity contribution in [3.05, 3.63) is 0 Å². The highest BCUT2D eigenvalue weighted by molar-refractivity contribution is 4.76. The van der Waals surface area contributed by atoms with Gasteiger partial charge in [0.15, 0.2) is 0 Å². The summed E-state index contributed by atoms with van der Waals surface area (Å²) in [5.74, 6) is 0.612. The van der Waals surface area contributed by atoms with Gasteiger partial charge in [-0.1, -0.05) is 0 Å². The van der Waals surface area contributed by atoms with Crippen LogP contribution in [0, 0.1) is 5.92 Å². The zero-order valence-corrected chi connectivity index (χ0v) is 9.11. The summed E-state index contributed by atoms with van der Waals surface area (Å²) < 4.78 is 35.7. The molecule has 1 aliphatic heterocycles. The third-order valence-corrected chi connectivity index (χ3v) is 2.80. The Labute approximate surface area is 88.8 Å². The van der Waals surface area contributed by atoms with Crippen LogP contribution in [0.4, 0.5) is 13.2 Å². The minimum Gasteiger partial charge on any atom is -0.319 e. The summed E-state index contributed by atoms with van der Waals surface area (Å²) in [5, 5.41) is 3.10. The van der Waals surface area contributed by atoms with Crippen molar-refractivity contribution in [2.24, 2.45) is 5.92 Å². The quantitative estimate of drug-likeness (QED) is 0.767. The molecule has 1 rings (SSSR count). The molecule has 2 nitrogen and oxygen atoms in total. The Kier molecular flexibility index (Phi) is 4.86. The molecule has 0 spiro atoms. The molecule has 0 amide bonds. The van der Waals surface area contributed by atoms with Gasteiger partial charge >= 0.3 is 6.18 Å². The van der Waals surface area contributed by atoms with Crippen molar-refractivity contribution in [3.63, 3.8) is 0 Å². The van der Waals surface area contributed by atoms with Crippen LogP contribution in [0.2, 0.25) is 0 Å². The molecule has 0 radical (unpaired) electrons. The standard InChI is InChI=1S/C10H19F3N2/c1-14-7-9-3-6-15(8-9)5-2-4-10(11,12)13/h9,14H,2-8H2,1H3. The molecule has 0 aromatic rings. The van der Waals surface area contributed by atoms with E-state index in [2.05, 4.69) is 10.2 Å². The van der Waals surface area contributed by atoms with E-state index in [1.807, 2.05) is 7.05 Å². The van der Waals surface area contributed by atoms with Crippen LogP contribution in [-0.2, 0) is 0 Å². The molecular weight excluding hydrogens is 205 g/mol. The molecule has 1 fully saturated rings. The van der Waals surface area contributed by atoms with Crippen molar-refractivity contribution in [3.8, 4) is 0 Å². The first-order valence-electron chi connectivity index (χ1n) is 5.45. The molecule has 0 saturated carbocycles. The van der Waals surface area contributed by atoms with Crippen LogP contribution >= 0.6 is 0 Å². The zero-order chi connectivity index (χ0) is 11.3. The molecule has 1 aliphatic rings. The molecule has 0 aromatic carbocycles. The molecule has 0 aromatic heterocycles. The van der Waals surface area contributed by atoms with Crippen LogP contribution in [0.25, 0.3) is 0 Å². The van der Waals surface area contributed by atoms with Gasteiger partial charge in [0.05, 0.1) is 0 Å². The Balaban J connectivity index is 2.09. The Morgan fingerprint density at radius 2 is 2.13 bits per heavy atom. The van der Waals surface area contributed by atoms with E-state index >= 15 is 0 Å². The summed E-state index contributed by atoms with van der Waals surface area (Å²) in [6.07, 6.45) is -3.31. The van der Waals surface area contributed by atoms with Gasteiger partial charge in [-0.25, -0.2) is 0 Å². The van der Waals surface area contributed by atoms with Crippen LogP contribution in [-0.4, -0.2) is 44.3 Å². The molecule has 1 saturated heterocycles. The summed E-state index contributed by atoms with van der Waals surface area (Å²) in [6, 6.07) is 0. The van der Waals surface area contributed by atoms with Crippen molar-refractivity contribution in [2.45, 2.75) is 25.4 Å². The highest BCUT2D eigenvalue weighted by atomic mass is 19.4. The maximum Gasteiger partial charge on any atom is 0.389 e. The molecular formula is C10H19F3N2. The van der Waals surface area contributed by atoms with Crippen molar-refractivity contribution in [2.75, 3.05) is 33.2 Å². The van der Waals surface area contributed by atoms with E-state index in [1.165, 1.54) is 0 Å². The smallest absolute Gasteiger partial charge is 0.319 e. The number of hydrogen-bond donors (Lipinski definition) is 1. The van der Waals surface area contributed by atoms with Crippen LogP contribution in [0.15, 0.2) is 0 Å². The maximum atomic E-state index is 11.9. The van der Waals surface area contributed by atoms with E-state index in [1.54, 1.807) is 0 Å². The van der Waals surface area contributed by atoms with Crippen LogP contribution in [0.1, 0.15) is 19.3 Å². The fraction of sp³-hybridized carbons (Fsp3) is 1.00. The molecule has 1 unspecified atom stereocenters. The highest BCUT2D eigenvalue weighted by Gasteiger charge is 2.27. The molecule has 0 bridgehead atoms. The van der Waals surface area contributed by atoms with E-state index < -0.39 is 12.6 Å². The third-order valence-electron chi connectivity index (χ3n) is 2.80. The van der Waals surface area contributed by atoms with Crippen molar-refractivity contribution in [1.29, 1.82) is 0 Å². The third kappa shape index (κ3) is 5.37. The minimum absolute atomic E-state index is 0.232. The average molecular weight is 224 g/mol. The Morgan fingerprint density at radius 3 is 2.73 bits per heavy atom. The fourth-order valence-electron chi connectivity index (χ4n) is 2.07. The molecule has 1 heterocycles. The van der Waals surface area contributed by atoms with Crippen molar-refractivity contribution < 1.29 is 13.2 Å². The monoisotopic (exact) mass is 224 g/mol. The van der Waals surface area contributed by atoms with Crippen LogP contribution in [0.3, 0.4) is 0 Å². The number of likely N-dealkylation sites (tertiary alicyclic amines) is 1. The topological polar surface area (TPSA) is 15.3 Å². The lowest BCUT2D eigenvalue weighted by atomic mass is 10.1. The van der Waals surface area contributed by atoms with Gasteiger partial charge in [0.2, 0.25) is 0 Å². The molecule has 15 heavy (non-hydrogen) atoms. The van der Waals surface area contributed by atoms with E-state index in [0.29, 0.717) is 12.5 Å². The Bertz CT molecular complexity index is 182. The summed E-state index contributed by atoms with van der Waals surface area (Å²) in [4.78, 5) is 2.13. The second-order valence-electron chi connectivity index (χ2n) is 4.23. The van der Waals surface area contributed by atoms with E-state index in [9.17, 15) is 13.2 Å². The van der Waals surface area contributed by atoms with E-state index in [-0.39, 0.29) is 6.42 Å². The second kappa shape index (κ2) is 5.70. The second-order valence-corrected chi connectivity index (χ2v) is 4.23. The first-order valence-corrected chi connectivity index (χ1v) is 5.45. The van der Waals surface area contributed by atoms with Gasteiger partial charge in [-0.3, -0.25) is 0 Å². The highest BCUT2D eigenvalue weighted by Crippen LogP contribution is 2.22. The Hall–Kier alpha value is -0.290. The largest absolute Gasteiger partial charge is 0.389 e. The molecule has 90 valence electrons. The van der Waals surface area contributed by atoms with Crippen molar-refractivity contribution in [1.82, 2.24) is 10.2 Å². The number of halogens is 3. The first kappa shape index (κ1) is 12.8. The summed E-state index contributed by atoms with van der Waals surface area (Å²) >= 11 is 0. The van der Waals surface area contributed by atoms with Crippen LogP contribution < -0.4 is 5.32 Å². The number of nitrogens with one attached hydrogen (secondary N) is 1. The number of alkyl halides is 3. The van der Waals surface area contributed by atoms with Gasteiger partial charge in [-0.05, 0) is 45.4 Å². The maximum absolute atomic E-state index is 11.9. The SMILES string of the molecule is CNCC1CCN(CCCC(F)(F)F)C1. The molecule has 1 atom stereocenters. The lowest BCUT2D eigenvalue weighted by Gasteiger charge is -2.16. The molecule has 1 N–H and O–H groups in total. The van der Waals surface area contributed by atoms with Gasteiger partial charge in [0.25, 0.3) is 0 Å². The summed E-state index contributed by atoms with van der Waals surface area (Å²) in [5.41, 5.74) is 0. The summed E-state index contributed by atoms with van der Waals surface area (Å²) in [6.45, 7) is 3.44. The van der Waals surface area contributed by atoms with Gasteiger partial charge in [0.1, 0.15) is 0 Å². The predicted molar refractivity (Wildman–Crippen MR) is 53.8 cm³/mol. The fourth-order valence-corrected chi connectivity index (χ4v) is 2.07. The average Bonchev–Trinajstić information content (AvgIpc) is 2.51. The zero-order valence-electron chi connectivity index (χ0n) is 9.11. The number of rotatable bonds is 5. The van der Waals surface area contributed by atoms with E-state index in [0.717, 1.165) is 26.1 Å². The number of nitrogens with zero attached hydrogens (tertiary/aromatic N) is 1. The predicted octanol–water partition coefficient (Wildman–Crippen LogP) is 1.87. The lowest BCUT2D eigenvalue weighted by molar-refractivity contribution is -0.136. The molecule has 0 aliphatic carbocycles. The van der Waals surface area contributed by atoms with Gasteiger partial charge in [-0.2, -0.15) is 13.2 Å². The van der Waals surface area contributed by atoms with E-state index in [4.69, 9.17) is 0 Å². The van der Waals surface area contributed by atoms with Gasteiger partial charge < -0.3 is 10.2 Å². The van der Waals surface area contributed by atoms with Gasteiger partial charge in [0, 0.05) is 13.0 Å².